The molecule has 94 valence electrons. The Morgan fingerprint density at radius 3 is 2.12 bits per heavy atom. The first-order valence-corrected chi connectivity index (χ1v) is 4.99. The third kappa shape index (κ3) is 2.78. The van der Waals surface area contributed by atoms with Crippen molar-refractivity contribution < 1.29 is 23.1 Å². The van der Waals surface area contributed by atoms with E-state index in [1.54, 1.807) is 20.8 Å². The zero-order valence-corrected chi connectivity index (χ0v) is 9.72. The summed E-state index contributed by atoms with van der Waals surface area (Å²) >= 11 is 0. The SMILES string of the molecule is CC(C)(C)c1cccc(C(=O)C(F)(F)F)c1O. The van der Waals surface area contributed by atoms with Crippen molar-refractivity contribution in [3.8, 4) is 5.75 Å². The maximum Gasteiger partial charge on any atom is 0.455 e. The minimum atomic E-state index is -4.98. The lowest BCUT2D eigenvalue weighted by atomic mass is 9.85. The number of carbonyl (C=O) groups is 1. The predicted molar refractivity (Wildman–Crippen MR) is 57.2 cm³/mol. The maximum absolute atomic E-state index is 12.3. The van der Waals surface area contributed by atoms with Crippen molar-refractivity contribution >= 4 is 5.78 Å². The van der Waals surface area contributed by atoms with Crippen molar-refractivity contribution in [1.82, 2.24) is 0 Å². The number of rotatable bonds is 1. The van der Waals surface area contributed by atoms with Crippen LogP contribution in [0.15, 0.2) is 18.2 Å². The first-order valence-electron chi connectivity index (χ1n) is 4.99. The normalized spacial score (nSPS) is 12.6. The molecule has 0 radical (unpaired) electrons. The first kappa shape index (κ1) is 13.5. The van der Waals surface area contributed by atoms with E-state index in [2.05, 4.69) is 0 Å². The van der Waals surface area contributed by atoms with E-state index in [1.165, 1.54) is 12.1 Å². The smallest absolute Gasteiger partial charge is 0.455 e. The second-order valence-corrected chi connectivity index (χ2v) is 4.78. The van der Waals surface area contributed by atoms with Crippen molar-refractivity contribution in [3.63, 3.8) is 0 Å². The summed E-state index contributed by atoms with van der Waals surface area (Å²) < 4.78 is 36.8. The molecule has 1 rings (SSSR count). The molecule has 2 nitrogen and oxygen atoms in total. The topological polar surface area (TPSA) is 37.3 Å². The van der Waals surface area contributed by atoms with Crippen LogP contribution in [0.2, 0.25) is 0 Å². The molecular weight excluding hydrogens is 233 g/mol. The fraction of sp³-hybridized carbons (Fsp3) is 0.417. The van der Waals surface area contributed by atoms with Gasteiger partial charge in [0.2, 0.25) is 0 Å². The van der Waals surface area contributed by atoms with Crippen LogP contribution in [0.3, 0.4) is 0 Å². The van der Waals surface area contributed by atoms with Crippen molar-refractivity contribution in [2.24, 2.45) is 0 Å². The molecule has 0 aliphatic rings. The minimum absolute atomic E-state index is 0.313. The minimum Gasteiger partial charge on any atom is -0.507 e. The van der Waals surface area contributed by atoms with E-state index in [9.17, 15) is 23.1 Å². The summed E-state index contributed by atoms with van der Waals surface area (Å²) in [6.45, 7) is 5.22. The number of hydrogen-bond acceptors (Lipinski definition) is 2. The number of benzene rings is 1. The van der Waals surface area contributed by atoms with Gasteiger partial charge in [0.05, 0.1) is 5.56 Å². The standard InChI is InChI=1S/C12H13F3O2/c1-11(2,3)8-6-4-5-7(9(8)16)10(17)12(13,14)15/h4-6,16H,1-3H3. The number of para-hydroxylation sites is 1. The van der Waals surface area contributed by atoms with Gasteiger partial charge in [-0.1, -0.05) is 32.9 Å². The summed E-state index contributed by atoms with van der Waals surface area (Å²) in [5, 5.41) is 9.74. The van der Waals surface area contributed by atoms with Gasteiger partial charge in [-0.15, -0.1) is 0 Å². The Morgan fingerprint density at radius 2 is 1.71 bits per heavy atom. The molecule has 0 heterocycles. The number of phenols is 1. The molecule has 0 aliphatic carbocycles. The van der Waals surface area contributed by atoms with E-state index in [0.717, 1.165) is 6.07 Å². The second-order valence-electron chi connectivity index (χ2n) is 4.78. The molecule has 1 aromatic rings. The zero-order valence-electron chi connectivity index (χ0n) is 9.72. The van der Waals surface area contributed by atoms with Crippen LogP contribution in [-0.4, -0.2) is 17.1 Å². The summed E-state index contributed by atoms with van der Waals surface area (Å²) in [6.07, 6.45) is -4.98. The number of halogens is 3. The first-order chi connectivity index (χ1) is 7.55. The molecule has 1 N–H and O–H groups in total. The Labute approximate surface area is 97.1 Å². The van der Waals surface area contributed by atoms with Gasteiger partial charge in [-0.2, -0.15) is 13.2 Å². The molecule has 0 atom stereocenters. The molecule has 0 amide bonds. The van der Waals surface area contributed by atoms with Gasteiger partial charge in [0.15, 0.2) is 0 Å². The summed E-state index contributed by atoms with van der Waals surface area (Å²) in [5.74, 6) is -2.62. The number of carbonyl (C=O) groups excluding carboxylic acids is 1. The lowest BCUT2D eigenvalue weighted by Gasteiger charge is -2.21. The van der Waals surface area contributed by atoms with Crippen molar-refractivity contribution in [2.45, 2.75) is 32.4 Å². The third-order valence-electron chi connectivity index (χ3n) is 2.35. The Bertz CT molecular complexity index is 442. The van der Waals surface area contributed by atoms with Crippen LogP contribution in [0.5, 0.6) is 5.75 Å². The maximum atomic E-state index is 12.3. The average Bonchev–Trinajstić information content (AvgIpc) is 2.13. The number of Topliss-reactive ketones (excluding diaryl/α,β-unsaturated/α-hetero) is 1. The molecule has 0 bridgehead atoms. The highest BCUT2D eigenvalue weighted by Gasteiger charge is 2.41. The number of alkyl halides is 3. The van der Waals surface area contributed by atoms with E-state index in [0.29, 0.717) is 5.56 Å². The van der Waals surface area contributed by atoms with Gasteiger partial charge in [0.25, 0.3) is 5.78 Å². The van der Waals surface area contributed by atoms with Crippen LogP contribution in [0, 0.1) is 0 Å². The molecule has 0 spiro atoms. The van der Waals surface area contributed by atoms with Gasteiger partial charge in [0.1, 0.15) is 5.75 Å². The highest BCUT2D eigenvalue weighted by molar-refractivity contribution is 6.02. The summed E-state index contributed by atoms with van der Waals surface area (Å²) in [7, 11) is 0. The quantitative estimate of drug-likeness (QED) is 0.771. The summed E-state index contributed by atoms with van der Waals surface area (Å²) in [6, 6.07) is 3.81. The molecular formula is C12H13F3O2. The van der Waals surface area contributed by atoms with Gasteiger partial charge in [-0.05, 0) is 17.0 Å². The Balaban J connectivity index is 3.35. The molecule has 5 heteroatoms. The van der Waals surface area contributed by atoms with Crippen LogP contribution in [-0.2, 0) is 5.41 Å². The molecule has 17 heavy (non-hydrogen) atoms. The Kier molecular flexibility index (Phi) is 3.23. The lowest BCUT2D eigenvalue weighted by molar-refractivity contribution is -0.0886. The fourth-order valence-corrected chi connectivity index (χ4v) is 1.48. The Hall–Kier alpha value is -1.52. The van der Waals surface area contributed by atoms with Crippen LogP contribution in [0.25, 0.3) is 0 Å². The van der Waals surface area contributed by atoms with E-state index in [-0.39, 0.29) is 0 Å². The fourth-order valence-electron chi connectivity index (χ4n) is 1.48. The highest BCUT2D eigenvalue weighted by atomic mass is 19.4. The van der Waals surface area contributed by atoms with Crippen LogP contribution in [0.4, 0.5) is 13.2 Å². The van der Waals surface area contributed by atoms with Gasteiger partial charge in [-0.25, -0.2) is 0 Å². The molecule has 0 saturated carbocycles. The average molecular weight is 246 g/mol. The number of aromatic hydroxyl groups is 1. The highest BCUT2D eigenvalue weighted by Crippen LogP contribution is 2.35. The molecule has 0 fully saturated rings. The molecule has 0 saturated heterocycles. The monoisotopic (exact) mass is 246 g/mol. The number of ketones is 1. The summed E-state index contributed by atoms with van der Waals surface area (Å²) in [5.41, 5.74) is -0.927. The number of hydrogen-bond donors (Lipinski definition) is 1. The third-order valence-corrected chi connectivity index (χ3v) is 2.35. The second kappa shape index (κ2) is 4.05. The van der Waals surface area contributed by atoms with Crippen LogP contribution >= 0.6 is 0 Å². The van der Waals surface area contributed by atoms with Gasteiger partial charge in [0, 0.05) is 0 Å². The molecule has 0 unspecified atom stereocenters. The van der Waals surface area contributed by atoms with Gasteiger partial charge in [-0.3, -0.25) is 4.79 Å². The summed E-state index contributed by atoms with van der Waals surface area (Å²) in [4.78, 5) is 11.1. The largest absolute Gasteiger partial charge is 0.507 e. The number of phenolic OH excluding ortho intramolecular Hbond substituents is 1. The predicted octanol–water partition coefficient (Wildman–Crippen LogP) is 3.43. The molecule has 0 aromatic heterocycles. The van der Waals surface area contributed by atoms with E-state index in [1.807, 2.05) is 0 Å². The van der Waals surface area contributed by atoms with Crippen LogP contribution < -0.4 is 0 Å². The van der Waals surface area contributed by atoms with Crippen molar-refractivity contribution in [1.29, 1.82) is 0 Å². The van der Waals surface area contributed by atoms with Crippen LogP contribution in [0.1, 0.15) is 36.7 Å². The van der Waals surface area contributed by atoms with E-state index in [4.69, 9.17) is 0 Å². The van der Waals surface area contributed by atoms with E-state index < -0.39 is 28.7 Å². The molecule has 1 aromatic carbocycles. The molecule has 0 aliphatic heterocycles. The lowest BCUT2D eigenvalue weighted by Crippen LogP contribution is -2.23. The van der Waals surface area contributed by atoms with Gasteiger partial charge >= 0.3 is 6.18 Å². The Morgan fingerprint density at radius 1 is 1.18 bits per heavy atom. The van der Waals surface area contributed by atoms with Crippen molar-refractivity contribution in [2.75, 3.05) is 0 Å². The zero-order chi connectivity index (χ0) is 13.4. The van der Waals surface area contributed by atoms with Crippen molar-refractivity contribution in [3.05, 3.63) is 29.3 Å². The van der Waals surface area contributed by atoms with Gasteiger partial charge < -0.3 is 5.11 Å². The van der Waals surface area contributed by atoms with E-state index >= 15 is 0 Å².